The molecule has 0 rings (SSSR count). The van der Waals surface area contributed by atoms with E-state index in [1.165, 1.54) is 25.8 Å². The zero-order valence-corrected chi connectivity index (χ0v) is 5.22. The quantitative estimate of drug-likeness (QED) is 0.407. The molecular weight excluding hydrogens is 120 g/mol. The topological polar surface area (TPSA) is 43.4 Å². The molecule has 2 radical (unpaired) electrons. The molecule has 50 valence electrons. The first-order chi connectivity index (χ1) is 4.33. The Morgan fingerprint density at radius 3 is 2.22 bits per heavy atom. The Morgan fingerprint density at radius 1 is 1.67 bits per heavy atom. The lowest BCUT2D eigenvalue weighted by molar-refractivity contribution is 0.314. The van der Waals surface area contributed by atoms with Gasteiger partial charge < -0.3 is 4.74 Å². The summed E-state index contributed by atoms with van der Waals surface area (Å²) in [5.74, 6) is 0. The van der Waals surface area contributed by atoms with E-state index in [0.717, 1.165) is 0 Å². The second-order valence-electron chi connectivity index (χ2n) is 0.887. The zero-order chi connectivity index (χ0) is 7.54. The molecule has 0 spiro atoms. The van der Waals surface area contributed by atoms with Crippen molar-refractivity contribution in [3.8, 4) is 0 Å². The van der Waals surface area contributed by atoms with Crippen LogP contribution in [0.15, 0.2) is 12.7 Å². The summed E-state index contributed by atoms with van der Waals surface area (Å²) in [5.41, 5.74) is 0. The number of hydrogen-bond donors (Lipinski definition) is 0. The first-order valence-corrected chi connectivity index (χ1v) is 2.22. The van der Waals surface area contributed by atoms with Crippen LogP contribution in [0.25, 0.3) is 0 Å². The van der Waals surface area contributed by atoms with E-state index in [-0.39, 0.29) is 6.61 Å². The minimum absolute atomic E-state index is 0.253. The molecule has 0 heterocycles. The van der Waals surface area contributed by atoms with Crippen molar-refractivity contribution < 1.29 is 14.3 Å². The Morgan fingerprint density at radius 2 is 2.11 bits per heavy atom. The summed E-state index contributed by atoms with van der Waals surface area (Å²) in [6, 6.07) is 0. The number of ether oxygens (including phenoxy) is 1. The van der Waals surface area contributed by atoms with E-state index in [1.54, 1.807) is 0 Å². The standard InChI is InChI=1S/C4H5O2.C2H3O/c1-2-3-6-4-5;1-2-3/h2H,1,3H2;1H3. The van der Waals surface area contributed by atoms with Crippen molar-refractivity contribution in [2.75, 3.05) is 6.61 Å². The largest absolute Gasteiger partial charge is 0.453 e. The van der Waals surface area contributed by atoms with Crippen LogP contribution in [0.4, 0.5) is 0 Å². The minimum atomic E-state index is 0.253. The molecule has 0 amide bonds. The number of carbonyl (C=O) groups excluding carboxylic acids is 2. The van der Waals surface area contributed by atoms with Gasteiger partial charge in [-0.15, -0.1) is 0 Å². The van der Waals surface area contributed by atoms with E-state index >= 15 is 0 Å². The lowest BCUT2D eigenvalue weighted by atomic mass is 10.7. The van der Waals surface area contributed by atoms with Crippen molar-refractivity contribution in [2.45, 2.75) is 6.92 Å². The van der Waals surface area contributed by atoms with Crippen molar-refractivity contribution in [3.63, 3.8) is 0 Å². The van der Waals surface area contributed by atoms with E-state index in [2.05, 4.69) is 11.3 Å². The Bertz CT molecular complexity index is 70.4. The van der Waals surface area contributed by atoms with Crippen LogP contribution < -0.4 is 0 Å². The van der Waals surface area contributed by atoms with E-state index in [0.29, 0.717) is 0 Å². The summed E-state index contributed by atoms with van der Waals surface area (Å²) in [4.78, 5) is 17.8. The van der Waals surface area contributed by atoms with Crippen molar-refractivity contribution in [3.05, 3.63) is 12.7 Å². The van der Waals surface area contributed by atoms with E-state index in [4.69, 9.17) is 9.59 Å². The fraction of sp³-hybridized carbons (Fsp3) is 0.333. The van der Waals surface area contributed by atoms with Gasteiger partial charge in [-0.25, -0.2) is 4.79 Å². The third-order valence-corrected chi connectivity index (χ3v) is 0.260. The summed E-state index contributed by atoms with van der Waals surface area (Å²) in [5, 5.41) is 0. The summed E-state index contributed by atoms with van der Waals surface area (Å²) in [7, 11) is 0. The van der Waals surface area contributed by atoms with Crippen LogP contribution in [0, 0.1) is 0 Å². The molecule has 0 saturated carbocycles. The predicted octanol–water partition coefficient (Wildman–Crippen LogP) is 0.372. The van der Waals surface area contributed by atoms with Crippen LogP contribution in [0.3, 0.4) is 0 Å². The molecule has 3 nitrogen and oxygen atoms in total. The monoisotopic (exact) mass is 128 g/mol. The molecule has 0 N–H and O–H groups in total. The van der Waals surface area contributed by atoms with Crippen LogP contribution in [0.1, 0.15) is 6.92 Å². The van der Waals surface area contributed by atoms with Gasteiger partial charge in [0.15, 0.2) is 6.29 Å². The highest BCUT2D eigenvalue weighted by Crippen LogP contribution is 1.62. The molecule has 0 aliphatic rings. The summed E-state index contributed by atoms with van der Waals surface area (Å²) < 4.78 is 4.06. The van der Waals surface area contributed by atoms with Gasteiger partial charge in [0, 0.05) is 6.92 Å². The van der Waals surface area contributed by atoms with Gasteiger partial charge in [-0.05, 0) is 0 Å². The molecule has 0 aromatic carbocycles. The lowest BCUT2D eigenvalue weighted by Gasteiger charge is -1.80. The molecule has 0 aliphatic carbocycles. The number of hydrogen-bond acceptors (Lipinski definition) is 3. The van der Waals surface area contributed by atoms with Crippen LogP contribution in [0.5, 0.6) is 0 Å². The van der Waals surface area contributed by atoms with Gasteiger partial charge in [-0.2, -0.15) is 0 Å². The normalized spacial score (nSPS) is 5.89. The van der Waals surface area contributed by atoms with Gasteiger partial charge in [-0.3, -0.25) is 4.79 Å². The lowest BCUT2D eigenvalue weighted by Crippen LogP contribution is -1.82. The molecule has 0 aromatic heterocycles. The van der Waals surface area contributed by atoms with Gasteiger partial charge in [0.2, 0.25) is 0 Å². The molecule has 0 unspecified atom stereocenters. The highest BCUT2D eigenvalue weighted by atomic mass is 16.5. The SMILES string of the molecule is C=CCO[C]=O.C[C]=O. The summed E-state index contributed by atoms with van der Waals surface area (Å²) in [6.07, 6.45) is 2.98. The van der Waals surface area contributed by atoms with Crippen LogP contribution >= 0.6 is 0 Å². The van der Waals surface area contributed by atoms with E-state index < -0.39 is 0 Å². The van der Waals surface area contributed by atoms with Gasteiger partial charge in [-0.1, -0.05) is 12.7 Å². The molecule has 9 heavy (non-hydrogen) atoms. The molecule has 0 fully saturated rings. The maximum Gasteiger partial charge on any atom is 0.417 e. The van der Waals surface area contributed by atoms with Gasteiger partial charge in [0.1, 0.15) is 6.61 Å². The Labute approximate surface area is 54.3 Å². The molecule has 0 bridgehead atoms. The van der Waals surface area contributed by atoms with Crippen LogP contribution in [0.2, 0.25) is 0 Å². The molecule has 0 aromatic rings. The molecule has 0 aliphatic heterocycles. The van der Waals surface area contributed by atoms with Crippen molar-refractivity contribution in [1.29, 1.82) is 0 Å². The highest BCUT2D eigenvalue weighted by Gasteiger charge is 1.68. The van der Waals surface area contributed by atoms with E-state index in [9.17, 15) is 0 Å². The van der Waals surface area contributed by atoms with Gasteiger partial charge in [0.05, 0.1) is 0 Å². The second-order valence-corrected chi connectivity index (χ2v) is 0.887. The Balaban J connectivity index is 0. The van der Waals surface area contributed by atoms with Crippen molar-refractivity contribution in [2.24, 2.45) is 0 Å². The smallest absolute Gasteiger partial charge is 0.417 e. The Hall–Kier alpha value is -1.12. The second kappa shape index (κ2) is 15.8. The molecular formula is C6H8O3. The average Bonchev–Trinajstić information content (AvgIpc) is 1.86. The minimum Gasteiger partial charge on any atom is -0.453 e. The molecule has 0 atom stereocenters. The first kappa shape index (κ1) is 10.8. The maximum atomic E-state index is 9.17. The fourth-order valence-corrected chi connectivity index (χ4v) is 0.0929. The predicted molar refractivity (Wildman–Crippen MR) is 33.2 cm³/mol. The average molecular weight is 128 g/mol. The van der Waals surface area contributed by atoms with Gasteiger partial charge >= 0.3 is 6.47 Å². The van der Waals surface area contributed by atoms with Crippen molar-refractivity contribution >= 4 is 12.8 Å². The third-order valence-electron chi connectivity index (χ3n) is 0.260. The highest BCUT2D eigenvalue weighted by molar-refractivity contribution is 5.45. The Kier molecular flexibility index (Phi) is 18.9. The van der Waals surface area contributed by atoms with Crippen LogP contribution in [-0.4, -0.2) is 19.4 Å². The molecule has 3 heteroatoms. The van der Waals surface area contributed by atoms with Crippen molar-refractivity contribution in [1.82, 2.24) is 0 Å². The third kappa shape index (κ3) is 46.4. The zero-order valence-electron chi connectivity index (χ0n) is 5.22. The number of rotatable bonds is 3. The summed E-state index contributed by atoms with van der Waals surface area (Å²) >= 11 is 0. The maximum absolute atomic E-state index is 9.17. The van der Waals surface area contributed by atoms with Crippen LogP contribution in [-0.2, 0) is 14.3 Å². The molecule has 0 saturated heterocycles. The fourth-order valence-electron chi connectivity index (χ4n) is 0.0929. The van der Waals surface area contributed by atoms with Gasteiger partial charge in [0.25, 0.3) is 0 Å². The first-order valence-electron chi connectivity index (χ1n) is 2.22. The van der Waals surface area contributed by atoms with E-state index in [1.807, 2.05) is 0 Å². The summed E-state index contributed by atoms with van der Waals surface area (Å²) in [6.45, 7) is 6.11.